The SMILES string of the molecule is O=C1c2nc3ccccc3cc2CN1CCc1ccccc1. The maximum atomic E-state index is 12.5. The molecular weight excluding hydrogens is 272 g/mol. The Hall–Kier alpha value is -2.68. The van der Waals surface area contributed by atoms with Gasteiger partial charge in [0.1, 0.15) is 5.69 Å². The van der Waals surface area contributed by atoms with Crippen molar-refractivity contribution in [3.05, 3.63) is 77.5 Å². The third-order valence-electron chi connectivity index (χ3n) is 4.17. The van der Waals surface area contributed by atoms with E-state index in [4.69, 9.17) is 0 Å². The summed E-state index contributed by atoms with van der Waals surface area (Å²) in [5.74, 6) is 0.0525. The van der Waals surface area contributed by atoms with E-state index in [1.165, 1.54) is 5.56 Å². The summed E-state index contributed by atoms with van der Waals surface area (Å²) in [4.78, 5) is 19.0. The van der Waals surface area contributed by atoms with Crippen LogP contribution in [0.15, 0.2) is 60.7 Å². The first-order valence-corrected chi connectivity index (χ1v) is 7.53. The molecule has 0 N–H and O–H groups in total. The van der Waals surface area contributed by atoms with E-state index >= 15 is 0 Å². The third-order valence-corrected chi connectivity index (χ3v) is 4.17. The molecule has 3 heteroatoms. The van der Waals surface area contributed by atoms with E-state index in [-0.39, 0.29) is 5.91 Å². The van der Waals surface area contributed by atoms with Crippen LogP contribution in [0.1, 0.15) is 21.6 Å². The number of aromatic nitrogens is 1. The van der Waals surface area contributed by atoms with E-state index in [9.17, 15) is 4.79 Å². The fourth-order valence-corrected chi connectivity index (χ4v) is 2.98. The van der Waals surface area contributed by atoms with Crippen LogP contribution in [0.3, 0.4) is 0 Å². The van der Waals surface area contributed by atoms with Crippen molar-refractivity contribution in [2.24, 2.45) is 0 Å². The smallest absolute Gasteiger partial charge is 0.273 e. The minimum Gasteiger partial charge on any atom is -0.333 e. The van der Waals surface area contributed by atoms with Crippen LogP contribution in [0.25, 0.3) is 10.9 Å². The van der Waals surface area contributed by atoms with Gasteiger partial charge in [0.15, 0.2) is 0 Å². The van der Waals surface area contributed by atoms with Crippen molar-refractivity contribution in [3.8, 4) is 0 Å². The zero-order chi connectivity index (χ0) is 14.9. The molecule has 3 nitrogen and oxygen atoms in total. The molecule has 2 aromatic carbocycles. The molecule has 0 spiro atoms. The predicted molar refractivity (Wildman–Crippen MR) is 86.6 cm³/mol. The molecule has 0 saturated carbocycles. The molecule has 0 aliphatic carbocycles. The number of hydrogen-bond acceptors (Lipinski definition) is 2. The van der Waals surface area contributed by atoms with Gasteiger partial charge in [-0.1, -0.05) is 48.5 Å². The Labute approximate surface area is 129 Å². The second-order valence-corrected chi connectivity index (χ2v) is 5.65. The molecule has 22 heavy (non-hydrogen) atoms. The highest BCUT2D eigenvalue weighted by Crippen LogP contribution is 2.25. The number of rotatable bonds is 3. The second-order valence-electron chi connectivity index (χ2n) is 5.65. The van der Waals surface area contributed by atoms with Gasteiger partial charge in [0.25, 0.3) is 5.91 Å². The zero-order valence-electron chi connectivity index (χ0n) is 12.2. The minimum atomic E-state index is 0.0525. The van der Waals surface area contributed by atoms with Crippen molar-refractivity contribution in [2.75, 3.05) is 6.54 Å². The lowest BCUT2D eigenvalue weighted by Crippen LogP contribution is -2.26. The van der Waals surface area contributed by atoms with Gasteiger partial charge >= 0.3 is 0 Å². The Bertz CT molecular complexity index is 842. The zero-order valence-corrected chi connectivity index (χ0v) is 12.2. The molecule has 108 valence electrons. The molecule has 0 radical (unpaired) electrons. The highest BCUT2D eigenvalue weighted by Gasteiger charge is 2.28. The van der Waals surface area contributed by atoms with Gasteiger partial charge in [0.05, 0.1) is 5.52 Å². The number of para-hydroxylation sites is 1. The van der Waals surface area contributed by atoms with Crippen LogP contribution in [0, 0.1) is 0 Å². The summed E-state index contributed by atoms with van der Waals surface area (Å²) in [5.41, 5.74) is 3.80. The van der Waals surface area contributed by atoms with E-state index in [2.05, 4.69) is 23.2 Å². The predicted octanol–water partition coefficient (Wildman–Crippen LogP) is 3.43. The lowest BCUT2D eigenvalue weighted by molar-refractivity contribution is 0.0776. The molecule has 0 unspecified atom stereocenters. The Kier molecular flexibility index (Phi) is 3.11. The van der Waals surface area contributed by atoms with Gasteiger partial charge in [-0.3, -0.25) is 4.79 Å². The fourth-order valence-electron chi connectivity index (χ4n) is 2.98. The molecule has 1 aromatic heterocycles. The van der Waals surface area contributed by atoms with Crippen LogP contribution in [0.2, 0.25) is 0 Å². The topological polar surface area (TPSA) is 33.2 Å². The summed E-state index contributed by atoms with van der Waals surface area (Å²) in [7, 11) is 0. The molecule has 2 heterocycles. The van der Waals surface area contributed by atoms with Crippen molar-refractivity contribution in [3.63, 3.8) is 0 Å². The average Bonchev–Trinajstić information content (AvgIpc) is 2.87. The summed E-state index contributed by atoms with van der Waals surface area (Å²) in [6.45, 7) is 1.40. The van der Waals surface area contributed by atoms with Gasteiger partial charge < -0.3 is 4.90 Å². The maximum Gasteiger partial charge on any atom is 0.273 e. The number of amides is 1. The average molecular weight is 288 g/mol. The van der Waals surface area contributed by atoms with Gasteiger partial charge in [-0.25, -0.2) is 4.98 Å². The standard InChI is InChI=1S/C19H16N2O/c22-19-18-16(12-15-8-4-5-9-17(15)20-18)13-21(19)11-10-14-6-2-1-3-7-14/h1-9,12H,10-11,13H2. The summed E-state index contributed by atoms with van der Waals surface area (Å²) in [5, 5.41) is 1.10. The largest absolute Gasteiger partial charge is 0.333 e. The first-order chi connectivity index (χ1) is 10.8. The quantitative estimate of drug-likeness (QED) is 0.739. The third kappa shape index (κ3) is 2.25. The molecule has 0 saturated heterocycles. The van der Waals surface area contributed by atoms with E-state index in [0.717, 1.165) is 29.4 Å². The monoisotopic (exact) mass is 288 g/mol. The Morgan fingerprint density at radius 2 is 1.77 bits per heavy atom. The molecule has 0 fully saturated rings. The number of hydrogen-bond donors (Lipinski definition) is 0. The van der Waals surface area contributed by atoms with Crippen LogP contribution in [-0.4, -0.2) is 22.3 Å². The lowest BCUT2D eigenvalue weighted by atomic mass is 10.1. The van der Waals surface area contributed by atoms with Gasteiger partial charge in [-0.2, -0.15) is 0 Å². The normalized spacial score (nSPS) is 13.6. The molecule has 1 amide bonds. The van der Waals surface area contributed by atoms with Crippen molar-refractivity contribution in [1.29, 1.82) is 0 Å². The van der Waals surface area contributed by atoms with Crippen molar-refractivity contribution >= 4 is 16.8 Å². The van der Waals surface area contributed by atoms with Crippen molar-refractivity contribution in [2.45, 2.75) is 13.0 Å². The van der Waals surface area contributed by atoms with Gasteiger partial charge in [0, 0.05) is 24.0 Å². The molecule has 0 atom stereocenters. The Balaban J connectivity index is 1.57. The molecule has 1 aliphatic heterocycles. The molecular formula is C19H16N2O. The lowest BCUT2D eigenvalue weighted by Gasteiger charge is -2.14. The molecule has 0 bridgehead atoms. The van der Waals surface area contributed by atoms with Gasteiger partial charge in [0.2, 0.25) is 0 Å². The van der Waals surface area contributed by atoms with Crippen LogP contribution in [0.4, 0.5) is 0 Å². The highest BCUT2D eigenvalue weighted by atomic mass is 16.2. The fraction of sp³-hybridized carbons (Fsp3) is 0.158. The second kappa shape index (κ2) is 5.26. The molecule has 4 rings (SSSR count). The first-order valence-electron chi connectivity index (χ1n) is 7.53. The van der Waals surface area contributed by atoms with E-state index in [1.807, 2.05) is 47.4 Å². The summed E-state index contributed by atoms with van der Waals surface area (Å²) in [6, 6.07) is 20.3. The van der Waals surface area contributed by atoms with E-state index in [0.29, 0.717) is 12.2 Å². The van der Waals surface area contributed by atoms with Gasteiger partial charge in [-0.05, 0) is 24.1 Å². The number of benzene rings is 2. The summed E-state index contributed by atoms with van der Waals surface area (Å²) in [6.07, 6.45) is 0.875. The van der Waals surface area contributed by atoms with Crippen molar-refractivity contribution in [1.82, 2.24) is 9.88 Å². The number of fused-ring (bicyclic) bond motifs is 2. The summed E-state index contributed by atoms with van der Waals surface area (Å²) < 4.78 is 0. The van der Waals surface area contributed by atoms with Gasteiger partial charge in [-0.15, -0.1) is 0 Å². The minimum absolute atomic E-state index is 0.0525. The van der Waals surface area contributed by atoms with E-state index < -0.39 is 0 Å². The van der Waals surface area contributed by atoms with Crippen LogP contribution in [-0.2, 0) is 13.0 Å². The number of carbonyl (C=O) groups excluding carboxylic acids is 1. The first kappa shape index (κ1) is 13.0. The van der Waals surface area contributed by atoms with E-state index in [1.54, 1.807) is 0 Å². The summed E-state index contributed by atoms with van der Waals surface area (Å²) >= 11 is 0. The Morgan fingerprint density at radius 1 is 1.00 bits per heavy atom. The Morgan fingerprint density at radius 3 is 2.64 bits per heavy atom. The molecule has 3 aromatic rings. The van der Waals surface area contributed by atoms with Crippen LogP contribution in [0.5, 0.6) is 0 Å². The highest BCUT2D eigenvalue weighted by molar-refractivity contribution is 5.99. The number of nitrogens with zero attached hydrogens (tertiary/aromatic N) is 2. The van der Waals surface area contributed by atoms with Crippen molar-refractivity contribution < 1.29 is 4.79 Å². The number of pyridine rings is 1. The van der Waals surface area contributed by atoms with Crippen LogP contribution < -0.4 is 0 Å². The maximum absolute atomic E-state index is 12.5. The molecule has 1 aliphatic rings. The number of carbonyl (C=O) groups is 1. The van der Waals surface area contributed by atoms with Crippen LogP contribution >= 0.6 is 0 Å².